The summed E-state index contributed by atoms with van der Waals surface area (Å²) in [6.45, 7) is 4.05. The highest BCUT2D eigenvalue weighted by atomic mass is 16.5. The van der Waals surface area contributed by atoms with Gasteiger partial charge < -0.3 is 19.7 Å². The molecule has 8 nitrogen and oxygen atoms in total. The van der Waals surface area contributed by atoms with Gasteiger partial charge in [-0.2, -0.15) is 0 Å². The first-order chi connectivity index (χ1) is 10.3. The molecule has 0 saturated heterocycles. The maximum absolute atomic E-state index is 10.8. The summed E-state index contributed by atoms with van der Waals surface area (Å²) in [5, 5.41) is 16.9. The number of ether oxygens (including phenoxy) is 2. The van der Waals surface area contributed by atoms with Gasteiger partial charge in [0.05, 0.1) is 36.9 Å². The molecule has 2 fully saturated rings. The van der Waals surface area contributed by atoms with Crippen LogP contribution in [0.2, 0.25) is 0 Å². The molecule has 0 spiro atoms. The number of rotatable bonds is 6. The Balaban J connectivity index is 0.000000220. The van der Waals surface area contributed by atoms with E-state index in [4.69, 9.17) is 10.2 Å². The minimum Gasteiger partial charge on any atom is -0.481 e. The monoisotopic (exact) mass is 316 g/mol. The summed E-state index contributed by atoms with van der Waals surface area (Å²) in [5.74, 6) is -4.30. The van der Waals surface area contributed by atoms with Crippen LogP contribution in [0.15, 0.2) is 0 Å². The van der Waals surface area contributed by atoms with Gasteiger partial charge in [0.1, 0.15) is 0 Å². The van der Waals surface area contributed by atoms with Crippen LogP contribution in [0.1, 0.15) is 26.7 Å². The molecule has 0 bridgehead atoms. The van der Waals surface area contributed by atoms with Crippen molar-refractivity contribution in [1.29, 1.82) is 0 Å². The van der Waals surface area contributed by atoms with Crippen molar-refractivity contribution in [2.24, 2.45) is 23.7 Å². The molecule has 2 N–H and O–H groups in total. The van der Waals surface area contributed by atoms with Crippen LogP contribution in [-0.4, -0.2) is 47.3 Å². The fraction of sp³-hybridized carbons (Fsp3) is 0.714. The maximum atomic E-state index is 10.8. The number of carboxylic acids is 2. The molecule has 0 radical (unpaired) electrons. The number of carbonyl (C=O) groups excluding carboxylic acids is 2. The highest BCUT2D eigenvalue weighted by molar-refractivity contribution is 5.86. The third kappa shape index (κ3) is 5.01. The number of carboxylic acid groups (broad SMARTS) is 2. The molecule has 2 aliphatic rings. The Bertz CT molecular complexity index is 416. The zero-order valence-corrected chi connectivity index (χ0v) is 12.5. The largest absolute Gasteiger partial charge is 0.481 e. The minimum atomic E-state index is -0.900. The molecule has 2 saturated carbocycles. The van der Waals surface area contributed by atoms with Crippen LogP contribution in [0.25, 0.3) is 0 Å². The van der Waals surface area contributed by atoms with Crippen LogP contribution in [0.3, 0.4) is 0 Å². The van der Waals surface area contributed by atoms with E-state index in [2.05, 4.69) is 9.47 Å². The zero-order chi connectivity index (χ0) is 16.9. The smallest absolute Gasteiger partial charge is 0.309 e. The van der Waals surface area contributed by atoms with Crippen LogP contribution in [0, 0.1) is 23.7 Å². The second-order valence-corrected chi connectivity index (χ2v) is 5.08. The maximum Gasteiger partial charge on any atom is 0.309 e. The molecule has 8 heteroatoms. The van der Waals surface area contributed by atoms with Gasteiger partial charge in [-0.25, -0.2) is 0 Å². The van der Waals surface area contributed by atoms with Crippen LogP contribution >= 0.6 is 0 Å². The number of hydrogen-bond acceptors (Lipinski definition) is 6. The average molecular weight is 316 g/mol. The fourth-order valence-corrected chi connectivity index (χ4v) is 1.96. The molecule has 0 aromatic rings. The topological polar surface area (TPSA) is 127 Å². The molecule has 0 aliphatic heterocycles. The van der Waals surface area contributed by atoms with Crippen LogP contribution in [-0.2, 0) is 28.7 Å². The van der Waals surface area contributed by atoms with E-state index in [1.54, 1.807) is 13.8 Å². The molecule has 124 valence electrons. The van der Waals surface area contributed by atoms with Crippen LogP contribution < -0.4 is 0 Å². The molecule has 0 aromatic heterocycles. The van der Waals surface area contributed by atoms with Gasteiger partial charge in [-0.3, -0.25) is 19.2 Å². The van der Waals surface area contributed by atoms with Crippen molar-refractivity contribution < 1.29 is 38.9 Å². The second kappa shape index (κ2) is 7.77. The van der Waals surface area contributed by atoms with Gasteiger partial charge in [-0.05, 0) is 26.7 Å². The van der Waals surface area contributed by atoms with Crippen molar-refractivity contribution in [2.45, 2.75) is 26.7 Å². The fourth-order valence-electron chi connectivity index (χ4n) is 1.96. The van der Waals surface area contributed by atoms with Crippen molar-refractivity contribution in [3.8, 4) is 0 Å². The third-order valence-corrected chi connectivity index (χ3v) is 3.39. The first-order valence-electron chi connectivity index (χ1n) is 7.12. The summed E-state index contributed by atoms with van der Waals surface area (Å²) in [6.07, 6.45) is 0.877. The molecular weight excluding hydrogens is 296 g/mol. The van der Waals surface area contributed by atoms with Gasteiger partial charge in [0.2, 0.25) is 0 Å². The molecule has 0 unspecified atom stereocenters. The quantitative estimate of drug-likeness (QED) is 0.680. The number of esters is 2. The van der Waals surface area contributed by atoms with E-state index in [9.17, 15) is 19.2 Å². The highest BCUT2D eigenvalue weighted by Crippen LogP contribution is 2.40. The Hall–Kier alpha value is -2.12. The molecule has 22 heavy (non-hydrogen) atoms. The Kier molecular flexibility index (Phi) is 6.33. The van der Waals surface area contributed by atoms with Gasteiger partial charge >= 0.3 is 23.9 Å². The highest BCUT2D eigenvalue weighted by Gasteiger charge is 2.50. The normalized spacial score (nSPS) is 27.7. The van der Waals surface area contributed by atoms with Crippen molar-refractivity contribution in [3.05, 3.63) is 0 Å². The minimum absolute atomic E-state index is 0.321. The van der Waals surface area contributed by atoms with Crippen molar-refractivity contribution in [1.82, 2.24) is 0 Å². The molecule has 0 heterocycles. The lowest BCUT2D eigenvalue weighted by atomic mass is 10.3. The van der Waals surface area contributed by atoms with Gasteiger partial charge in [0, 0.05) is 0 Å². The zero-order valence-electron chi connectivity index (χ0n) is 12.5. The first-order valence-corrected chi connectivity index (χ1v) is 7.12. The van der Waals surface area contributed by atoms with Crippen molar-refractivity contribution in [3.63, 3.8) is 0 Å². The first kappa shape index (κ1) is 17.9. The molecular formula is C14H20O8. The van der Waals surface area contributed by atoms with E-state index in [1.807, 2.05) is 0 Å². The molecule has 0 amide bonds. The van der Waals surface area contributed by atoms with E-state index in [-0.39, 0.29) is 23.8 Å². The number of aliphatic carboxylic acids is 2. The Morgan fingerprint density at radius 3 is 1.27 bits per heavy atom. The Morgan fingerprint density at radius 1 is 0.773 bits per heavy atom. The Morgan fingerprint density at radius 2 is 1.09 bits per heavy atom. The second-order valence-electron chi connectivity index (χ2n) is 5.08. The summed E-state index contributed by atoms with van der Waals surface area (Å²) in [7, 11) is 0. The van der Waals surface area contributed by atoms with Gasteiger partial charge in [-0.15, -0.1) is 0 Å². The summed E-state index contributed by atoms with van der Waals surface area (Å²) in [5.41, 5.74) is 0. The van der Waals surface area contributed by atoms with E-state index in [0.717, 1.165) is 0 Å². The van der Waals surface area contributed by atoms with E-state index in [1.165, 1.54) is 0 Å². The van der Waals surface area contributed by atoms with Crippen molar-refractivity contribution in [2.75, 3.05) is 13.2 Å². The van der Waals surface area contributed by atoms with Crippen LogP contribution in [0.5, 0.6) is 0 Å². The SMILES string of the molecule is CCOC(=O)[C@@H]1C[C@H]1C(=O)O.CCOC(=O)[C@H]1C[C@@H]1C(=O)O. The van der Waals surface area contributed by atoms with Gasteiger partial charge in [0.25, 0.3) is 0 Å². The predicted molar refractivity (Wildman–Crippen MR) is 71.7 cm³/mol. The summed E-state index contributed by atoms with van der Waals surface area (Å²) >= 11 is 0. The lowest BCUT2D eigenvalue weighted by Gasteiger charge is -1.97. The van der Waals surface area contributed by atoms with Crippen molar-refractivity contribution >= 4 is 23.9 Å². The summed E-state index contributed by atoms with van der Waals surface area (Å²) in [4.78, 5) is 42.2. The number of carbonyl (C=O) groups is 4. The third-order valence-electron chi connectivity index (χ3n) is 3.39. The lowest BCUT2D eigenvalue weighted by molar-refractivity contribution is -0.148. The van der Waals surface area contributed by atoms with E-state index >= 15 is 0 Å². The van der Waals surface area contributed by atoms with Gasteiger partial charge in [0.15, 0.2) is 0 Å². The lowest BCUT2D eigenvalue weighted by Crippen LogP contribution is -2.10. The summed E-state index contributed by atoms with van der Waals surface area (Å²) in [6, 6.07) is 0. The Labute approximate surface area is 127 Å². The summed E-state index contributed by atoms with van der Waals surface area (Å²) < 4.78 is 9.29. The standard InChI is InChI=1S/2C7H10O4/c2*1-2-11-7(10)5-3-4(5)6(8)9/h2*4-5H,2-3H2,1H3,(H,8,9)/t2*4-,5-/m10/s1. The van der Waals surface area contributed by atoms with Crippen LogP contribution in [0.4, 0.5) is 0 Å². The molecule has 2 aliphatic carbocycles. The predicted octanol–water partition coefficient (Wildman–Crippen LogP) is 0.540. The van der Waals surface area contributed by atoms with Gasteiger partial charge in [-0.1, -0.05) is 0 Å². The molecule has 2 rings (SSSR count). The molecule has 4 atom stereocenters. The molecule has 0 aromatic carbocycles. The average Bonchev–Trinajstić information content (AvgIpc) is 3.31. The van der Waals surface area contributed by atoms with E-state index < -0.39 is 23.8 Å². The van der Waals surface area contributed by atoms with E-state index in [0.29, 0.717) is 26.1 Å². The number of hydrogen-bond donors (Lipinski definition) is 2.